The van der Waals surface area contributed by atoms with Gasteiger partial charge in [-0.2, -0.15) is 0 Å². The fourth-order valence-electron chi connectivity index (χ4n) is 4.53. The van der Waals surface area contributed by atoms with Crippen molar-refractivity contribution in [1.29, 1.82) is 0 Å². The van der Waals surface area contributed by atoms with Crippen LogP contribution in [0.4, 0.5) is 0 Å². The number of hydrogen-bond acceptors (Lipinski definition) is 3. The van der Waals surface area contributed by atoms with Crippen LogP contribution in [0, 0.1) is 17.3 Å². The molecule has 0 aromatic carbocycles. The summed E-state index contributed by atoms with van der Waals surface area (Å²) < 4.78 is 11.8. The summed E-state index contributed by atoms with van der Waals surface area (Å²) in [4.78, 5) is 0. The molecule has 3 heteroatoms. The van der Waals surface area contributed by atoms with E-state index in [1.165, 1.54) is 25.7 Å². The van der Waals surface area contributed by atoms with E-state index in [0.717, 1.165) is 51.0 Å². The van der Waals surface area contributed by atoms with Crippen LogP contribution >= 0.6 is 0 Å². The van der Waals surface area contributed by atoms with Gasteiger partial charge >= 0.3 is 0 Å². The highest BCUT2D eigenvalue weighted by Crippen LogP contribution is 2.56. The molecule has 0 aromatic rings. The first-order valence-electron chi connectivity index (χ1n) is 9.01. The van der Waals surface area contributed by atoms with Gasteiger partial charge in [0.1, 0.15) is 0 Å². The van der Waals surface area contributed by atoms with Crippen LogP contribution in [0.15, 0.2) is 0 Å². The summed E-state index contributed by atoms with van der Waals surface area (Å²) in [5, 5.41) is 3.89. The minimum atomic E-state index is 0.131. The standard InChI is InChI=1S/C18H33NO2/c1-4-8-19-16(15-13-17(15,2)3)14-5-9-21-18(12-14)6-10-20-11-7-18/h14-16,19H,4-13H2,1-3H3. The van der Waals surface area contributed by atoms with Gasteiger partial charge in [0.2, 0.25) is 0 Å². The third-order valence-corrected chi connectivity index (χ3v) is 6.10. The van der Waals surface area contributed by atoms with Gasteiger partial charge in [-0.05, 0) is 62.3 Å². The molecule has 3 aliphatic rings. The Bertz CT molecular complexity index is 344. The fraction of sp³-hybridized carbons (Fsp3) is 1.00. The van der Waals surface area contributed by atoms with Gasteiger partial charge in [0, 0.05) is 25.9 Å². The second-order valence-electron chi connectivity index (χ2n) is 8.18. The van der Waals surface area contributed by atoms with Gasteiger partial charge in [0.05, 0.1) is 5.60 Å². The van der Waals surface area contributed by atoms with Crippen LogP contribution < -0.4 is 5.32 Å². The van der Waals surface area contributed by atoms with Crippen LogP contribution in [-0.4, -0.2) is 38.0 Å². The molecule has 2 saturated heterocycles. The number of ether oxygens (including phenoxy) is 2. The van der Waals surface area contributed by atoms with Crippen LogP contribution in [-0.2, 0) is 9.47 Å². The second-order valence-corrected chi connectivity index (χ2v) is 8.18. The summed E-state index contributed by atoms with van der Waals surface area (Å²) in [7, 11) is 0. The maximum Gasteiger partial charge on any atom is 0.0729 e. The summed E-state index contributed by atoms with van der Waals surface area (Å²) in [6, 6.07) is 0.698. The number of rotatable bonds is 5. The Morgan fingerprint density at radius 2 is 1.86 bits per heavy atom. The van der Waals surface area contributed by atoms with Crippen LogP contribution in [0.25, 0.3) is 0 Å². The Labute approximate surface area is 130 Å². The van der Waals surface area contributed by atoms with Crippen LogP contribution in [0.3, 0.4) is 0 Å². The van der Waals surface area contributed by atoms with Gasteiger partial charge in [-0.3, -0.25) is 0 Å². The molecule has 21 heavy (non-hydrogen) atoms. The Kier molecular flexibility index (Phi) is 4.63. The summed E-state index contributed by atoms with van der Waals surface area (Å²) in [6.45, 7) is 11.0. The van der Waals surface area contributed by atoms with Gasteiger partial charge in [0.15, 0.2) is 0 Å². The molecule has 3 rings (SSSR count). The van der Waals surface area contributed by atoms with E-state index in [0.29, 0.717) is 11.5 Å². The van der Waals surface area contributed by atoms with Gasteiger partial charge in [0.25, 0.3) is 0 Å². The zero-order chi connectivity index (χ0) is 14.9. The fourth-order valence-corrected chi connectivity index (χ4v) is 4.53. The molecular weight excluding hydrogens is 262 g/mol. The van der Waals surface area contributed by atoms with Crippen molar-refractivity contribution < 1.29 is 9.47 Å². The minimum absolute atomic E-state index is 0.131. The predicted molar refractivity (Wildman–Crippen MR) is 85.4 cm³/mol. The molecule has 3 fully saturated rings. The molecule has 2 heterocycles. The van der Waals surface area contributed by atoms with E-state index >= 15 is 0 Å². The van der Waals surface area contributed by atoms with Crippen LogP contribution in [0.2, 0.25) is 0 Å². The molecule has 0 bridgehead atoms. The Hall–Kier alpha value is -0.120. The molecule has 0 amide bonds. The lowest BCUT2D eigenvalue weighted by molar-refractivity contribution is -0.151. The van der Waals surface area contributed by atoms with Gasteiger partial charge in [-0.25, -0.2) is 0 Å². The molecular formula is C18H33NO2. The van der Waals surface area contributed by atoms with Gasteiger partial charge in [-0.1, -0.05) is 20.8 Å². The van der Waals surface area contributed by atoms with Crippen molar-refractivity contribution in [2.24, 2.45) is 17.3 Å². The van der Waals surface area contributed by atoms with E-state index in [1.54, 1.807) is 0 Å². The summed E-state index contributed by atoms with van der Waals surface area (Å²) in [6.07, 6.45) is 7.28. The average Bonchev–Trinajstić information content (AvgIpc) is 3.09. The predicted octanol–water partition coefficient (Wildman–Crippen LogP) is 3.38. The van der Waals surface area contributed by atoms with Gasteiger partial charge < -0.3 is 14.8 Å². The number of nitrogens with one attached hydrogen (secondary N) is 1. The minimum Gasteiger partial charge on any atom is -0.381 e. The highest BCUT2D eigenvalue weighted by Gasteiger charge is 2.53. The zero-order valence-corrected chi connectivity index (χ0v) is 14.1. The molecule has 2 aliphatic heterocycles. The van der Waals surface area contributed by atoms with E-state index in [2.05, 4.69) is 26.1 Å². The molecule has 1 N–H and O–H groups in total. The smallest absolute Gasteiger partial charge is 0.0729 e. The largest absolute Gasteiger partial charge is 0.381 e. The molecule has 122 valence electrons. The third-order valence-electron chi connectivity index (χ3n) is 6.10. The Morgan fingerprint density at radius 3 is 2.48 bits per heavy atom. The third kappa shape index (κ3) is 3.46. The summed E-state index contributed by atoms with van der Waals surface area (Å²) in [5.41, 5.74) is 0.679. The van der Waals surface area contributed by atoms with Crippen molar-refractivity contribution in [3.8, 4) is 0 Å². The topological polar surface area (TPSA) is 30.5 Å². The van der Waals surface area contributed by atoms with Crippen LogP contribution in [0.5, 0.6) is 0 Å². The molecule has 1 saturated carbocycles. The summed E-state index contributed by atoms with van der Waals surface area (Å²) >= 11 is 0. The van der Waals surface area contributed by atoms with Crippen molar-refractivity contribution in [3.63, 3.8) is 0 Å². The summed E-state index contributed by atoms with van der Waals surface area (Å²) in [5.74, 6) is 1.65. The zero-order valence-electron chi connectivity index (χ0n) is 14.1. The molecule has 3 unspecified atom stereocenters. The van der Waals surface area contributed by atoms with E-state index in [4.69, 9.17) is 9.47 Å². The molecule has 0 aromatic heterocycles. The van der Waals surface area contributed by atoms with Crippen molar-refractivity contribution >= 4 is 0 Å². The maximum atomic E-state index is 6.24. The molecule has 1 spiro atoms. The van der Waals surface area contributed by atoms with Crippen molar-refractivity contribution in [2.45, 2.75) is 70.9 Å². The molecule has 3 nitrogen and oxygen atoms in total. The lowest BCUT2D eigenvalue weighted by Gasteiger charge is -2.46. The SMILES string of the molecule is CCCNC(C1CCOC2(CCOCC2)C1)C1CC1(C)C. The maximum absolute atomic E-state index is 6.24. The quantitative estimate of drug-likeness (QED) is 0.843. The molecule has 0 radical (unpaired) electrons. The van der Waals surface area contributed by atoms with E-state index in [-0.39, 0.29) is 5.60 Å². The average molecular weight is 295 g/mol. The first-order chi connectivity index (χ1) is 10.1. The van der Waals surface area contributed by atoms with Crippen molar-refractivity contribution in [2.75, 3.05) is 26.4 Å². The Balaban J connectivity index is 1.66. The molecule has 1 aliphatic carbocycles. The normalized spacial score (nSPS) is 35.6. The first-order valence-corrected chi connectivity index (χ1v) is 9.01. The van der Waals surface area contributed by atoms with Crippen molar-refractivity contribution in [1.82, 2.24) is 5.32 Å². The van der Waals surface area contributed by atoms with E-state index < -0.39 is 0 Å². The Morgan fingerprint density at radius 1 is 1.14 bits per heavy atom. The van der Waals surface area contributed by atoms with Gasteiger partial charge in [-0.15, -0.1) is 0 Å². The highest BCUT2D eigenvalue weighted by atomic mass is 16.5. The lowest BCUT2D eigenvalue weighted by Crippen LogP contribution is -2.50. The van der Waals surface area contributed by atoms with E-state index in [9.17, 15) is 0 Å². The van der Waals surface area contributed by atoms with E-state index in [1.807, 2.05) is 0 Å². The van der Waals surface area contributed by atoms with Crippen molar-refractivity contribution in [3.05, 3.63) is 0 Å². The molecule has 3 atom stereocenters. The number of hydrogen-bond donors (Lipinski definition) is 1. The first kappa shape index (κ1) is 15.8. The monoisotopic (exact) mass is 295 g/mol. The highest BCUT2D eigenvalue weighted by molar-refractivity contribution is 5.05. The lowest BCUT2D eigenvalue weighted by atomic mass is 9.76. The van der Waals surface area contributed by atoms with Crippen LogP contribution in [0.1, 0.15) is 59.3 Å². The second kappa shape index (κ2) is 6.17.